The maximum absolute atomic E-state index is 4.69. The molecule has 1 aromatic rings. The fraction of sp³-hybridized carbons (Fsp3) is 0.700. The van der Waals surface area contributed by atoms with Crippen LogP contribution in [0.1, 0.15) is 30.1 Å². The van der Waals surface area contributed by atoms with E-state index in [0.717, 1.165) is 13.1 Å². The van der Waals surface area contributed by atoms with E-state index in [1.165, 1.54) is 49.4 Å². The molecule has 0 atom stereocenters. The second-order valence-corrected chi connectivity index (χ2v) is 3.96. The van der Waals surface area contributed by atoms with E-state index < -0.39 is 0 Å². The van der Waals surface area contributed by atoms with Crippen molar-refractivity contribution in [2.45, 2.75) is 38.8 Å². The van der Waals surface area contributed by atoms with E-state index in [9.17, 15) is 0 Å². The number of aromatic nitrogens is 2. The van der Waals surface area contributed by atoms with E-state index in [1.54, 1.807) is 0 Å². The zero-order valence-electron chi connectivity index (χ0n) is 7.84. The molecule has 0 amide bonds. The minimum Gasteiger partial charge on any atom is -0.332 e. The molecule has 1 N–H and O–H groups in total. The molecule has 0 spiro atoms. The van der Waals surface area contributed by atoms with Crippen LogP contribution in [0.15, 0.2) is 0 Å². The average molecular weight is 177 g/mol. The van der Waals surface area contributed by atoms with Gasteiger partial charge in [-0.05, 0) is 12.8 Å². The molecule has 3 nitrogen and oxygen atoms in total. The highest BCUT2D eigenvalue weighted by atomic mass is 15.1. The highest BCUT2D eigenvalue weighted by Gasteiger charge is 2.20. The summed E-state index contributed by atoms with van der Waals surface area (Å²) in [6.07, 6.45) is 5.02. The summed E-state index contributed by atoms with van der Waals surface area (Å²) in [5, 5.41) is 3.37. The summed E-state index contributed by atoms with van der Waals surface area (Å²) >= 11 is 0. The summed E-state index contributed by atoms with van der Waals surface area (Å²) in [6, 6.07) is 0. The molecule has 1 aromatic heterocycles. The van der Waals surface area contributed by atoms with E-state index >= 15 is 0 Å². The van der Waals surface area contributed by atoms with E-state index in [4.69, 9.17) is 4.98 Å². The van der Waals surface area contributed by atoms with Gasteiger partial charge in [-0.2, -0.15) is 0 Å². The monoisotopic (exact) mass is 177 g/mol. The van der Waals surface area contributed by atoms with Crippen LogP contribution in [0.5, 0.6) is 0 Å². The Kier molecular flexibility index (Phi) is 1.65. The quantitative estimate of drug-likeness (QED) is 0.637. The van der Waals surface area contributed by atoms with Gasteiger partial charge in [0.25, 0.3) is 0 Å². The molecule has 0 fully saturated rings. The number of hydrogen-bond acceptors (Lipinski definition) is 2. The largest absolute Gasteiger partial charge is 0.332 e. The molecular formula is C10H15N3. The lowest BCUT2D eigenvalue weighted by molar-refractivity contribution is 0.500. The first-order valence-electron chi connectivity index (χ1n) is 5.23. The van der Waals surface area contributed by atoms with Crippen LogP contribution in [0.3, 0.4) is 0 Å². The van der Waals surface area contributed by atoms with Gasteiger partial charge < -0.3 is 9.88 Å². The lowest BCUT2D eigenvalue weighted by Crippen LogP contribution is -2.25. The van der Waals surface area contributed by atoms with Gasteiger partial charge in [0.05, 0.1) is 5.69 Å². The highest BCUT2D eigenvalue weighted by Crippen LogP contribution is 2.21. The highest BCUT2D eigenvalue weighted by molar-refractivity contribution is 5.21. The van der Waals surface area contributed by atoms with Crippen molar-refractivity contribution in [3.05, 3.63) is 17.2 Å². The fourth-order valence-corrected chi connectivity index (χ4v) is 2.43. The van der Waals surface area contributed by atoms with Crippen molar-refractivity contribution >= 4 is 0 Å². The third kappa shape index (κ3) is 1.10. The van der Waals surface area contributed by atoms with Gasteiger partial charge in [-0.3, -0.25) is 0 Å². The standard InChI is InChI=1S/C10H15N3/c1-2-6-13-9-4-5-11-7-8(9)12-10(13)3-1/h11H,1-7H2. The van der Waals surface area contributed by atoms with Gasteiger partial charge in [-0.25, -0.2) is 4.98 Å². The number of nitrogens with one attached hydrogen (secondary N) is 1. The average Bonchev–Trinajstić information content (AvgIpc) is 2.56. The van der Waals surface area contributed by atoms with E-state index in [-0.39, 0.29) is 0 Å². The number of fused-ring (bicyclic) bond motifs is 3. The van der Waals surface area contributed by atoms with Crippen molar-refractivity contribution in [3.63, 3.8) is 0 Å². The van der Waals surface area contributed by atoms with Gasteiger partial charge in [0.1, 0.15) is 5.82 Å². The van der Waals surface area contributed by atoms with Crippen molar-refractivity contribution in [1.29, 1.82) is 0 Å². The molecule has 0 saturated carbocycles. The Morgan fingerprint density at radius 3 is 3.23 bits per heavy atom. The summed E-state index contributed by atoms with van der Waals surface area (Å²) in [6.45, 7) is 3.31. The third-order valence-corrected chi connectivity index (χ3v) is 3.10. The summed E-state index contributed by atoms with van der Waals surface area (Å²) in [4.78, 5) is 4.69. The second-order valence-electron chi connectivity index (χ2n) is 3.96. The number of hydrogen-bond donors (Lipinski definition) is 1. The summed E-state index contributed by atoms with van der Waals surface area (Å²) < 4.78 is 2.46. The maximum atomic E-state index is 4.69. The third-order valence-electron chi connectivity index (χ3n) is 3.10. The van der Waals surface area contributed by atoms with Crippen LogP contribution < -0.4 is 5.32 Å². The normalized spacial score (nSPS) is 20.9. The Morgan fingerprint density at radius 1 is 1.23 bits per heavy atom. The first-order valence-corrected chi connectivity index (χ1v) is 5.23. The Hall–Kier alpha value is -0.830. The molecule has 2 aliphatic rings. The van der Waals surface area contributed by atoms with Gasteiger partial charge in [-0.15, -0.1) is 0 Å². The first-order chi connectivity index (χ1) is 6.45. The Morgan fingerprint density at radius 2 is 2.23 bits per heavy atom. The summed E-state index contributed by atoms with van der Waals surface area (Å²) in [5.41, 5.74) is 2.82. The maximum Gasteiger partial charge on any atom is 0.109 e. The van der Waals surface area contributed by atoms with Gasteiger partial charge in [-0.1, -0.05) is 0 Å². The lowest BCUT2D eigenvalue weighted by Gasteiger charge is -2.18. The topological polar surface area (TPSA) is 29.9 Å². The van der Waals surface area contributed by atoms with Crippen LogP contribution in [0.25, 0.3) is 0 Å². The van der Waals surface area contributed by atoms with Crippen LogP contribution >= 0.6 is 0 Å². The van der Waals surface area contributed by atoms with Crippen LogP contribution in [-0.2, 0) is 25.9 Å². The summed E-state index contributed by atoms with van der Waals surface area (Å²) in [5.74, 6) is 1.33. The molecule has 70 valence electrons. The smallest absolute Gasteiger partial charge is 0.109 e. The van der Waals surface area contributed by atoms with Crippen molar-refractivity contribution in [2.75, 3.05) is 6.54 Å². The Balaban J connectivity index is 2.09. The van der Waals surface area contributed by atoms with Crippen molar-refractivity contribution in [2.24, 2.45) is 0 Å². The predicted molar refractivity (Wildman–Crippen MR) is 50.6 cm³/mol. The molecule has 0 radical (unpaired) electrons. The van der Waals surface area contributed by atoms with Gasteiger partial charge in [0, 0.05) is 38.2 Å². The van der Waals surface area contributed by atoms with Crippen molar-refractivity contribution < 1.29 is 0 Å². The van der Waals surface area contributed by atoms with Crippen molar-refractivity contribution in [3.8, 4) is 0 Å². The molecule has 0 aromatic carbocycles. The Bertz CT molecular complexity index is 297. The number of rotatable bonds is 0. The number of aryl methyl sites for hydroxylation is 1. The molecule has 13 heavy (non-hydrogen) atoms. The molecule has 0 bridgehead atoms. The van der Waals surface area contributed by atoms with Gasteiger partial charge >= 0.3 is 0 Å². The van der Waals surface area contributed by atoms with Crippen molar-refractivity contribution in [1.82, 2.24) is 14.9 Å². The fourth-order valence-electron chi connectivity index (χ4n) is 2.43. The van der Waals surface area contributed by atoms with E-state index in [0.29, 0.717) is 0 Å². The molecule has 0 unspecified atom stereocenters. The molecule has 3 heteroatoms. The minimum atomic E-state index is 0.981. The number of nitrogens with zero attached hydrogens (tertiary/aromatic N) is 2. The van der Waals surface area contributed by atoms with E-state index in [1.807, 2.05) is 0 Å². The molecular weight excluding hydrogens is 162 g/mol. The van der Waals surface area contributed by atoms with Crippen LogP contribution in [0, 0.1) is 0 Å². The molecule has 3 rings (SSSR count). The van der Waals surface area contributed by atoms with E-state index in [2.05, 4.69) is 9.88 Å². The van der Waals surface area contributed by atoms with Crippen LogP contribution in [-0.4, -0.2) is 16.1 Å². The summed E-state index contributed by atoms with van der Waals surface area (Å²) in [7, 11) is 0. The zero-order chi connectivity index (χ0) is 8.67. The second kappa shape index (κ2) is 2.84. The predicted octanol–water partition coefficient (Wildman–Crippen LogP) is 0.865. The molecule has 0 aliphatic carbocycles. The molecule has 2 aliphatic heterocycles. The SMILES string of the molecule is C1CCn2c(nc3c2CCNC3)C1. The minimum absolute atomic E-state index is 0.981. The van der Waals surface area contributed by atoms with Crippen LogP contribution in [0.2, 0.25) is 0 Å². The van der Waals surface area contributed by atoms with Gasteiger partial charge in [0.15, 0.2) is 0 Å². The molecule has 0 saturated heterocycles. The Labute approximate surface area is 78.2 Å². The molecule has 3 heterocycles. The zero-order valence-corrected chi connectivity index (χ0v) is 7.84. The lowest BCUT2D eigenvalue weighted by atomic mass is 10.1. The number of imidazole rings is 1. The first kappa shape index (κ1) is 7.56. The van der Waals surface area contributed by atoms with Gasteiger partial charge in [0.2, 0.25) is 0 Å². The van der Waals surface area contributed by atoms with Crippen LogP contribution in [0.4, 0.5) is 0 Å².